The van der Waals surface area contributed by atoms with Crippen LogP contribution in [-0.2, 0) is 6.42 Å². The number of fused-ring (bicyclic) bond motifs is 1. The van der Waals surface area contributed by atoms with E-state index in [1.54, 1.807) is 12.1 Å². The molecule has 1 atom stereocenters. The van der Waals surface area contributed by atoms with Gasteiger partial charge in [-0.05, 0) is 36.1 Å². The fourth-order valence-electron chi connectivity index (χ4n) is 2.44. The van der Waals surface area contributed by atoms with Gasteiger partial charge in [-0.3, -0.25) is 9.78 Å². The maximum Gasteiger partial charge on any atom is 0.307 e. The largest absolute Gasteiger partial charge is 0.508 e. The Morgan fingerprint density at radius 3 is 2.88 bits per heavy atom. The molecule has 1 unspecified atom stereocenters. The number of aryl methyl sites for hydroxylation is 1. The topological polar surface area (TPSA) is 73.3 Å². The van der Waals surface area contributed by atoms with Crippen LogP contribution in [0.4, 0.5) is 0 Å². The van der Waals surface area contributed by atoms with Crippen molar-refractivity contribution in [3.63, 3.8) is 0 Å². The number of H-pyrrole nitrogens is 1. The van der Waals surface area contributed by atoms with E-state index in [-0.39, 0.29) is 22.4 Å². The van der Waals surface area contributed by atoms with E-state index in [1.807, 2.05) is 6.07 Å². The van der Waals surface area contributed by atoms with Gasteiger partial charge in [-0.1, -0.05) is 17.4 Å². The molecular formula is C12H11NO3S. The van der Waals surface area contributed by atoms with Gasteiger partial charge < -0.3 is 10.2 Å². The standard InChI is InChI=1S/C12H11NO3S/c14-7-2-4-8-6(5-7)1-3-9(8)10-11(15)13-12(16)17-10/h2,4-5,9,14-15H,1,3H2,(H,13,16). The van der Waals surface area contributed by atoms with Gasteiger partial charge >= 0.3 is 4.87 Å². The Labute approximate surface area is 101 Å². The second kappa shape index (κ2) is 3.63. The van der Waals surface area contributed by atoms with E-state index >= 15 is 0 Å². The van der Waals surface area contributed by atoms with E-state index in [1.165, 1.54) is 0 Å². The highest BCUT2D eigenvalue weighted by Gasteiger charge is 2.28. The van der Waals surface area contributed by atoms with Crippen molar-refractivity contribution in [2.24, 2.45) is 0 Å². The molecule has 1 heterocycles. The molecule has 0 radical (unpaired) electrons. The van der Waals surface area contributed by atoms with Crippen LogP contribution >= 0.6 is 11.3 Å². The Hall–Kier alpha value is -1.75. The second-order valence-corrected chi connectivity index (χ2v) is 5.22. The van der Waals surface area contributed by atoms with E-state index in [4.69, 9.17) is 0 Å². The minimum absolute atomic E-state index is 0.0223. The van der Waals surface area contributed by atoms with Crippen molar-refractivity contribution in [2.45, 2.75) is 18.8 Å². The van der Waals surface area contributed by atoms with Crippen LogP contribution in [0.15, 0.2) is 23.0 Å². The molecule has 0 spiro atoms. The zero-order valence-corrected chi connectivity index (χ0v) is 9.75. The Morgan fingerprint density at radius 1 is 1.35 bits per heavy atom. The summed E-state index contributed by atoms with van der Waals surface area (Å²) in [7, 11) is 0. The fourth-order valence-corrected chi connectivity index (χ4v) is 3.33. The maximum absolute atomic E-state index is 11.2. The molecule has 3 rings (SSSR count). The van der Waals surface area contributed by atoms with Gasteiger partial charge in [0.1, 0.15) is 5.75 Å². The lowest BCUT2D eigenvalue weighted by Crippen LogP contribution is -1.93. The van der Waals surface area contributed by atoms with Crippen molar-refractivity contribution in [3.05, 3.63) is 43.9 Å². The van der Waals surface area contributed by atoms with Crippen LogP contribution in [0.25, 0.3) is 0 Å². The summed E-state index contributed by atoms with van der Waals surface area (Å²) in [5.41, 5.74) is 2.18. The van der Waals surface area contributed by atoms with Crippen molar-refractivity contribution in [2.75, 3.05) is 0 Å². The number of hydrogen-bond donors (Lipinski definition) is 3. The fraction of sp³-hybridized carbons (Fsp3) is 0.250. The third-order valence-electron chi connectivity index (χ3n) is 3.18. The van der Waals surface area contributed by atoms with Crippen LogP contribution in [0.1, 0.15) is 28.3 Å². The van der Waals surface area contributed by atoms with Gasteiger partial charge in [-0.25, -0.2) is 0 Å². The van der Waals surface area contributed by atoms with Gasteiger partial charge in [0, 0.05) is 5.92 Å². The molecule has 0 saturated heterocycles. The number of thiazole rings is 1. The number of nitrogens with one attached hydrogen (secondary N) is 1. The third-order valence-corrected chi connectivity index (χ3v) is 4.16. The van der Waals surface area contributed by atoms with E-state index in [2.05, 4.69) is 4.98 Å². The summed E-state index contributed by atoms with van der Waals surface area (Å²) < 4.78 is 0. The quantitative estimate of drug-likeness (QED) is 0.723. The molecule has 0 bridgehead atoms. The third kappa shape index (κ3) is 1.63. The molecule has 1 aliphatic rings. The predicted octanol–water partition coefficient (Wildman–Crippen LogP) is 1.93. The minimum atomic E-state index is -0.232. The summed E-state index contributed by atoms with van der Waals surface area (Å²) in [6.07, 6.45) is 1.72. The number of phenolic OH excluding ortho intramolecular Hbond substituents is 1. The van der Waals surface area contributed by atoms with Crippen LogP contribution < -0.4 is 4.87 Å². The molecule has 17 heavy (non-hydrogen) atoms. The summed E-state index contributed by atoms with van der Waals surface area (Å²) >= 11 is 1.06. The Bertz CT molecular complexity index is 629. The van der Waals surface area contributed by atoms with Crippen molar-refractivity contribution >= 4 is 11.3 Å². The second-order valence-electron chi connectivity index (χ2n) is 4.20. The molecule has 3 N–H and O–H groups in total. The summed E-state index contributed by atoms with van der Waals surface area (Å²) in [5.74, 6) is 0.302. The van der Waals surface area contributed by atoms with Gasteiger partial charge in [-0.15, -0.1) is 0 Å². The smallest absolute Gasteiger partial charge is 0.307 e. The van der Waals surface area contributed by atoms with E-state index in [9.17, 15) is 15.0 Å². The molecular weight excluding hydrogens is 238 g/mol. The molecule has 0 amide bonds. The summed E-state index contributed by atoms with van der Waals surface area (Å²) in [6.45, 7) is 0. The molecule has 1 aromatic carbocycles. The lowest BCUT2D eigenvalue weighted by atomic mass is 10.00. The number of benzene rings is 1. The summed E-state index contributed by atoms with van der Waals surface area (Å²) in [4.78, 5) is 14.1. The van der Waals surface area contributed by atoms with Crippen molar-refractivity contribution in [1.82, 2.24) is 4.98 Å². The Morgan fingerprint density at radius 2 is 2.18 bits per heavy atom. The molecule has 0 fully saturated rings. The first-order chi connectivity index (χ1) is 8.15. The average Bonchev–Trinajstić information content (AvgIpc) is 2.81. The van der Waals surface area contributed by atoms with Gasteiger partial charge in [0.25, 0.3) is 0 Å². The molecule has 0 saturated carbocycles. The van der Waals surface area contributed by atoms with E-state index in [0.29, 0.717) is 4.88 Å². The Balaban J connectivity index is 2.09. The monoisotopic (exact) mass is 249 g/mol. The van der Waals surface area contributed by atoms with Gasteiger partial charge in [0.05, 0.1) is 4.88 Å². The molecule has 2 aromatic rings. The maximum atomic E-state index is 11.2. The molecule has 1 aliphatic carbocycles. The highest BCUT2D eigenvalue weighted by atomic mass is 32.1. The zero-order chi connectivity index (χ0) is 12.0. The number of rotatable bonds is 1. The van der Waals surface area contributed by atoms with Crippen molar-refractivity contribution < 1.29 is 10.2 Å². The van der Waals surface area contributed by atoms with Crippen LogP contribution in [0, 0.1) is 0 Å². The molecule has 5 heteroatoms. The van der Waals surface area contributed by atoms with E-state index < -0.39 is 0 Å². The summed E-state index contributed by atoms with van der Waals surface area (Å²) in [5, 5.41) is 19.1. The van der Waals surface area contributed by atoms with E-state index in [0.717, 1.165) is 35.3 Å². The summed E-state index contributed by atoms with van der Waals surface area (Å²) in [6, 6.07) is 5.26. The first kappa shape index (κ1) is 10.4. The molecule has 88 valence electrons. The number of phenols is 1. The minimum Gasteiger partial charge on any atom is -0.508 e. The van der Waals surface area contributed by atoms with Crippen LogP contribution in [0.3, 0.4) is 0 Å². The highest BCUT2D eigenvalue weighted by molar-refractivity contribution is 7.09. The normalized spacial score (nSPS) is 18.2. The first-order valence-corrected chi connectivity index (χ1v) is 6.20. The predicted molar refractivity (Wildman–Crippen MR) is 64.9 cm³/mol. The number of aromatic hydroxyl groups is 2. The van der Waals surface area contributed by atoms with Crippen LogP contribution in [0.5, 0.6) is 11.6 Å². The molecule has 1 aromatic heterocycles. The lowest BCUT2D eigenvalue weighted by Gasteiger charge is -2.09. The average molecular weight is 249 g/mol. The first-order valence-electron chi connectivity index (χ1n) is 5.39. The SMILES string of the molecule is O=c1[nH]c(O)c(C2CCc3cc(O)ccc32)s1. The lowest BCUT2D eigenvalue weighted by molar-refractivity contribution is 0.447. The zero-order valence-electron chi connectivity index (χ0n) is 8.93. The molecule has 4 nitrogen and oxygen atoms in total. The van der Waals surface area contributed by atoms with Crippen LogP contribution in [0.2, 0.25) is 0 Å². The number of hydrogen-bond acceptors (Lipinski definition) is 4. The molecule has 0 aliphatic heterocycles. The van der Waals surface area contributed by atoms with Gasteiger partial charge in [0.2, 0.25) is 5.88 Å². The van der Waals surface area contributed by atoms with Crippen LogP contribution in [-0.4, -0.2) is 15.2 Å². The van der Waals surface area contributed by atoms with Crippen molar-refractivity contribution in [1.29, 1.82) is 0 Å². The van der Waals surface area contributed by atoms with Gasteiger partial charge in [-0.2, -0.15) is 0 Å². The number of aromatic nitrogens is 1. The van der Waals surface area contributed by atoms with Crippen molar-refractivity contribution in [3.8, 4) is 11.6 Å². The van der Waals surface area contributed by atoms with Gasteiger partial charge in [0.15, 0.2) is 0 Å². The Kier molecular flexibility index (Phi) is 2.22. The number of aromatic amines is 1. The highest BCUT2D eigenvalue weighted by Crippen LogP contribution is 2.42.